The molecule has 0 bridgehead atoms. The van der Waals surface area contributed by atoms with Crippen molar-refractivity contribution in [3.05, 3.63) is 165 Å². The van der Waals surface area contributed by atoms with Gasteiger partial charge in [-0.05, 0) is 91.3 Å². The van der Waals surface area contributed by atoms with Crippen LogP contribution in [0.25, 0.3) is 32.7 Å². The normalized spacial score (nSPS) is 12.1. The average Bonchev–Trinajstić information content (AvgIpc) is 2.92. The standard InChI is InChI=1S/C34H22Br2/c35-31-17-13-25(14-18-31)33(29-11-9-23-5-1-3-7-27(23)21-29)34(26-15-19-32(36)20-16-26)30-12-10-24-6-2-4-8-28(24)22-30/h1-22H/b34-33+. The summed E-state index contributed by atoms with van der Waals surface area (Å²) in [6.45, 7) is 0. The van der Waals surface area contributed by atoms with Crippen molar-refractivity contribution in [2.24, 2.45) is 0 Å². The molecule has 6 rings (SSSR count). The van der Waals surface area contributed by atoms with Gasteiger partial charge in [-0.3, -0.25) is 0 Å². The molecule has 0 aliphatic heterocycles. The Kier molecular flexibility index (Phi) is 6.31. The number of halogens is 2. The van der Waals surface area contributed by atoms with E-state index >= 15 is 0 Å². The Morgan fingerprint density at radius 3 is 1.06 bits per heavy atom. The van der Waals surface area contributed by atoms with Crippen molar-refractivity contribution in [1.29, 1.82) is 0 Å². The summed E-state index contributed by atoms with van der Waals surface area (Å²) in [6, 6.07) is 48.0. The van der Waals surface area contributed by atoms with E-state index in [1.807, 2.05) is 0 Å². The quantitative estimate of drug-likeness (QED) is 0.179. The van der Waals surface area contributed by atoms with E-state index in [4.69, 9.17) is 0 Å². The molecule has 0 aromatic heterocycles. The lowest BCUT2D eigenvalue weighted by Crippen LogP contribution is -1.98. The Morgan fingerprint density at radius 1 is 0.333 bits per heavy atom. The molecule has 6 aromatic rings. The van der Waals surface area contributed by atoms with Gasteiger partial charge >= 0.3 is 0 Å². The highest BCUT2D eigenvalue weighted by molar-refractivity contribution is 9.10. The number of benzene rings is 6. The lowest BCUT2D eigenvalue weighted by Gasteiger charge is -2.19. The third kappa shape index (κ3) is 4.55. The minimum Gasteiger partial charge on any atom is -0.0616 e. The Labute approximate surface area is 228 Å². The number of hydrogen-bond acceptors (Lipinski definition) is 0. The van der Waals surface area contributed by atoms with Crippen molar-refractivity contribution in [3.8, 4) is 0 Å². The van der Waals surface area contributed by atoms with Crippen LogP contribution in [-0.2, 0) is 0 Å². The monoisotopic (exact) mass is 588 g/mol. The molecule has 172 valence electrons. The van der Waals surface area contributed by atoms with E-state index in [9.17, 15) is 0 Å². The second kappa shape index (κ2) is 9.89. The van der Waals surface area contributed by atoms with Gasteiger partial charge < -0.3 is 0 Å². The summed E-state index contributed by atoms with van der Waals surface area (Å²) in [4.78, 5) is 0. The van der Waals surface area contributed by atoms with Crippen LogP contribution in [0.2, 0.25) is 0 Å². The van der Waals surface area contributed by atoms with E-state index in [0.717, 1.165) is 8.95 Å². The van der Waals surface area contributed by atoms with Gasteiger partial charge in [-0.1, -0.05) is 129 Å². The number of hydrogen-bond donors (Lipinski definition) is 0. The SMILES string of the molecule is Brc1ccc(/C(=C(/c2ccc(Br)cc2)c2ccc3ccccc3c2)c2ccc3ccccc3c2)cc1. The van der Waals surface area contributed by atoms with E-state index in [0.29, 0.717) is 0 Å². The van der Waals surface area contributed by atoms with Crippen LogP contribution in [0.4, 0.5) is 0 Å². The molecular weight excluding hydrogens is 568 g/mol. The van der Waals surface area contributed by atoms with Gasteiger partial charge in [-0.25, -0.2) is 0 Å². The van der Waals surface area contributed by atoms with Gasteiger partial charge in [0.15, 0.2) is 0 Å². The molecule has 0 nitrogen and oxygen atoms in total. The maximum absolute atomic E-state index is 3.62. The van der Waals surface area contributed by atoms with Crippen LogP contribution in [0, 0.1) is 0 Å². The fraction of sp³-hybridized carbons (Fsp3) is 0. The minimum absolute atomic E-state index is 1.07. The molecule has 0 saturated carbocycles. The highest BCUT2D eigenvalue weighted by Crippen LogP contribution is 2.39. The van der Waals surface area contributed by atoms with Crippen LogP contribution in [-0.4, -0.2) is 0 Å². The molecule has 0 radical (unpaired) electrons. The Bertz CT molecular complexity index is 1600. The summed E-state index contributed by atoms with van der Waals surface area (Å²) in [5.74, 6) is 0. The molecule has 0 heterocycles. The highest BCUT2D eigenvalue weighted by Gasteiger charge is 2.17. The molecule has 6 aromatic carbocycles. The Balaban J connectivity index is 1.72. The Morgan fingerprint density at radius 2 is 0.667 bits per heavy atom. The lowest BCUT2D eigenvalue weighted by atomic mass is 9.84. The first-order valence-electron chi connectivity index (χ1n) is 11.9. The summed E-state index contributed by atoms with van der Waals surface area (Å²) in [7, 11) is 0. The summed E-state index contributed by atoms with van der Waals surface area (Å²) >= 11 is 7.25. The molecule has 0 unspecified atom stereocenters. The van der Waals surface area contributed by atoms with Gasteiger partial charge in [0.05, 0.1) is 0 Å². The van der Waals surface area contributed by atoms with E-state index in [-0.39, 0.29) is 0 Å². The zero-order valence-corrected chi connectivity index (χ0v) is 22.6. The van der Waals surface area contributed by atoms with E-state index in [1.165, 1.54) is 54.9 Å². The van der Waals surface area contributed by atoms with Crippen molar-refractivity contribution >= 4 is 64.6 Å². The van der Waals surface area contributed by atoms with Crippen LogP contribution in [0.5, 0.6) is 0 Å². The lowest BCUT2D eigenvalue weighted by molar-refractivity contribution is 1.50. The molecule has 0 N–H and O–H groups in total. The van der Waals surface area contributed by atoms with Crippen LogP contribution in [0.1, 0.15) is 22.3 Å². The summed E-state index contributed by atoms with van der Waals surface area (Å²) < 4.78 is 2.14. The van der Waals surface area contributed by atoms with Gasteiger partial charge in [0.1, 0.15) is 0 Å². The predicted octanol–water partition coefficient (Wildman–Crippen LogP) is 10.5. The topological polar surface area (TPSA) is 0 Å². The van der Waals surface area contributed by atoms with Crippen molar-refractivity contribution in [2.45, 2.75) is 0 Å². The summed E-state index contributed by atoms with van der Waals surface area (Å²) in [5.41, 5.74) is 7.18. The van der Waals surface area contributed by atoms with Crippen LogP contribution in [0.3, 0.4) is 0 Å². The molecule has 0 spiro atoms. The fourth-order valence-corrected chi connectivity index (χ4v) is 5.36. The largest absolute Gasteiger partial charge is 0.0616 e. The van der Waals surface area contributed by atoms with Crippen molar-refractivity contribution in [1.82, 2.24) is 0 Å². The average molecular weight is 590 g/mol. The molecule has 0 aliphatic rings. The van der Waals surface area contributed by atoms with Gasteiger partial charge in [0.2, 0.25) is 0 Å². The summed E-state index contributed by atoms with van der Waals surface area (Å²) in [6.07, 6.45) is 0. The van der Waals surface area contributed by atoms with Gasteiger partial charge in [-0.2, -0.15) is 0 Å². The zero-order valence-electron chi connectivity index (χ0n) is 19.5. The second-order valence-corrected chi connectivity index (χ2v) is 10.7. The van der Waals surface area contributed by atoms with Crippen LogP contribution >= 0.6 is 31.9 Å². The van der Waals surface area contributed by atoms with Crippen molar-refractivity contribution in [3.63, 3.8) is 0 Å². The molecule has 2 heteroatoms. The fourth-order valence-electron chi connectivity index (χ4n) is 4.83. The first-order valence-corrected chi connectivity index (χ1v) is 13.5. The molecule has 0 saturated heterocycles. The maximum Gasteiger partial charge on any atom is 0.0175 e. The molecule has 0 aliphatic carbocycles. The summed E-state index contributed by atoms with van der Waals surface area (Å²) in [5, 5.41) is 4.95. The second-order valence-electron chi connectivity index (χ2n) is 8.89. The van der Waals surface area contributed by atoms with Gasteiger partial charge in [0, 0.05) is 8.95 Å². The van der Waals surface area contributed by atoms with Gasteiger partial charge in [-0.15, -0.1) is 0 Å². The number of rotatable bonds is 4. The molecule has 36 heavy (non-hydrogen) atoms. The van der Waals surface area contributed by atoms with Gasteiger partial charge in [0.25, 0.3) is 0 Å². The smallest absolute Gasteiger partial charge is 0.0175 e. The first-order chi connectivity index (χ1) is 17.7. The third-order valence-electron chi connectivity index (χ3n) is 6.59. The van der Waals surface area contributed by atoms with E-state index in [2.05, 4.69) is 165 Å². The predicted molar refractivity (Wildman–Crippen MR) is 161 cm³/mol. The third-order valence-corrected chi connectivity index (χ3v) is 7.65. The van der Waals surface area contributed by atoms with E-state index < -0.39 is 0 Å². The zero-order chi connectivity index (χ0) is 24.5. The maximum atomic E-state index is 3.62. The minimum atomic E-state index is 1.07. The Hall–Kier alpha value is -3.46. The van der Waals surface area contributed by atoms with Crippen molar-refractivity contribution in [2.75, 3.05) is 0 Å². The van der Waals surface area contributed by atoms with Crippen LogP contribution in [0.15, 0.2) is 142 Å². The molecular formula is C34H22Br2. The highest BCUT2D eigenvalue weighted by atomic mass is 79.9. The first kappa shape index (κ1) is 23.0. The molecule has 0 fully saturated rings. The number of fused-ring (bicyclic) bond motifs is 2. The van der Waals surface area contributed by atoms with Crippen LogP contribution < -0.4 is 0 Å². The van der Waals surface area contributed by atoms with Crippen molar-refractivity contribution < 1.29 is 0 Å². The molecule has 0 amide bonds. The molecule has 0 atom stereocenters. The van der Waals surface area contributed by atoms with E-state index in [1.54, 1.807) is 0 Å².